The van der Waals surface area contributed by atoms with Crippen molar-refractivity contribution < 1.29 is 9.47 Å². The summed E-state index contributed by atoms with van der Waals surface area (Å²) in [6.45, 7) is 5.15. The van der Waals surface area contributed by atoms with E-state index >= 15 is 0 Å². The summed E-state index contributed by atoms with van der Waals surface area (Å²) >= 11 is 0. The van der Waals surface area contributed by atoms with Crippen LogP contribution in [0, 0.1) is 0 Å². The molecule has 0 unspecified atom stereocenters. The zero-order chi connectivity index (χ0) is 17.6. The van der Waals surface area contributed by atoms with Gasteiger partial charge >= 0.3 is 0 Å². The standard InChI is InChI=1S/C20H26N2O3/c1-3-24-20(25-4-2)15-11-9-14(10-12-15)13-18-16-7-5-6-8-17(16)19(23)22-21-18/h9-12,20H,3-8,13H2,1-2H3,(H,22,23). The first kappa shape index (κ1) is 17.8. The van der Waals surface area contributed by atoms with Crippen LogP contribution >= 0.6 is 0 Å². The molecule has 1 aromatic carbocycles. The lowest BCUT2D eigenvalue weighted by Gasteiger charge is -2.18. The van der Waals surface area contributed by atoms with Crippen LogP contribution in [0.15, 0.2) is 29.1 Å². The van der Waals surface area contributed by atoms with Crippen molar-refractivity contribution in [3.8, 4) is 0 Å². The van der Waals surface area contributed by atoms with Gasteiger partial charge in [0, 0.05) is 30.8 Å². The normalized spacial score (nSPS) is 13.9. The summed E-state index contributed by atoms with van der Waals surface area (Å²) in [5.74, 6) is 0. The van der Waals surface area contributed by atoms with Crippen LogP contribution in [0.2, 0.25) is 0 Å². The Kier molecular flexibility index (Phi) is 6.00. The van der Waals surface area contributed by atoms with Gasteiger partial charge in [-0.3, -0.25) is 4.79 Å². The quantitative estimate of drug-likeness (QED) is 0.784. The van der Waals surface area contributed by atoms with Crippen molar-refractivity contribution in [3.63, 3.8) is 0 Å². The maximum absolute atomic E-state index is 12.0. The molecule has 1 heterocycles. The molecule has 5 nitrogen and oxygen atoms in total. The molecule has 0 atom stereocenters. The number of H-pyrrole nitrogens is 1. The van der Waals surface area contributed by atoms with E-state index in [0.29, 0.717) is 13.2 Å². The third kappa shape index (κ3) is 4.17. The molecule has 1 N–H and O–H groups in total. The zero-order valence-electron chi connectivity index (χ0n) is 15.0. The van der Waals surface area contributed by atoms with E-state index in [0.717, 1.165) is 54.5 Å². The SMILES string of the molecule is CCOC(OCC)c1ccc(Cc2n[nH]c(=O)c3c2CCCC3)cc1. The van der Waals surface area contributed by atoms with Crippen molar-refractivity contribution in [1.29, 1.82) is 0 Å². The van der Waals surface area contributed by atoms with Crippen LogP contribution in [0.4, 0.5) is 0 Å². The van der Waals surface area contributed by atoms with Gasteiger partial charge < -0.3 is 9.47 Å². The highest BCUT2D eigenvalue weighted by Gasteiger charge is 2.18. The van der Waals surface area contributed by atoms with Crippen LogP contribution in [-0.2, 0) is 28.7 Å². The maximum atomic E-state index is 12.0. The van der Waals surface area contributed by atoms with Crippen molar-refractivity contribution in [2.24, 2.45) is 0 Å². The lowest BCUT2D eigenvalue weighted by atomic mass is 9.90. The number of nitrogens with one attached hydrogen (secondary N) is 1. The summed E-state index contributed by atoms with van der Waals surface area (Å²) in [6, 6.07) is 8.26. The molecular formula is C20H26N2O3. The van der Waals surface area contributed by atoms with E-state index in [9.17, 15) is 4.79 Å². The van der Waals surface area contributed by atoms with Gasteiger partial charge in [-0.05, 0) is 50.7 Å². The second kappa shape index (κ2) is 8.41. The number of hydrogen-bond acceptors (Lipinski definition) is 4. The first-order valence-corrected chi connectivity index (χ1v) is 9.14. The fraction of sp³-hybridized carbons (Fsp3) is 0.500. The molecule has 1 aliphatic rings. The predicted molar refractivity (Wildman–Crippen MR) is 96.7 cm³/mol. The molecule has 5 heteroatoms. The zero-order valence-corrected chi connectivity index (χ0v) is 15.0. The summed E-state index contributed by atoms with van der Waals surface area (Å²) in [7, 11) is 0. The summed E-state index contributed by atoms with van der Waals surface area (Å²) in [4.78, 5) is 12.0. The number of nitrogens with zero attached hydrogens (tertiary/aromatic N) is 1. The third-order valence-electron chi connectivity index (χ3n) is 4.64. The highest BCUT2D eigenvalue weighted by atomic mass is 16.7. The minimum absolute atomic E-state index is 0.0231. The van der Waals surface area contributed by atoms with E-state index in [1.165, 1.54) is 5.56 Å². The Morgan fingerprint density at radius 1 is 1.04 bits per heavy atom. The van der Waals surface area contributed by atoms with Crippen molar-refractivity contribution in [3.05, 3.63) is 62.6 Å². The number of aromatic nitrogens is 2. The van der Waals surface area contributed by atoms with Gasteiger partial charge in [-0.1, -0.05) is 24.3 Å². The van der Waals surface area contributed by atoms with Crippen LogP contribution < -0.4 is 5.56 Å². The lowest BCUT2D eigenvalue weighted by Crippen LogP contribution is -2.23. The highest BCUT2D eigenvalue weighted by molar-refractivity contribution is 5.34. The molecule has 1 aromatic heterocycles. The van der Waals surface area contributed by atoms with E-state index in [1.807, 2.05) is 26.0 Å². The second-order valence-electron chi connectivity index (χ2n) is 6.32. The number of aromatic amines is 1. The van der Waals surface area contributed by atoms with Crippen molar-refractivity contribution in [2.75, 3.05) is 13.2 Å². The fourth-order valence-electron chi connectivity index (χ4n) is 3.40. The van der Waals surface area contributed by atoms with E-state index in [1.54, 1.807) is 0 Å². The molecule has 0 fully saturated rings. The Labute approximate surface area is 148 Å². The van der Waals surface area contributed by atoms with Gasteiger partial charge in [0.1, 0.15) is 0 Å². The Morgan fingerprint density at radius 3 is 2.32 bits per heavy atom. The Morgan fingerprint density at radius 2 is 1.68 bits per heavy atom. The molecule has 2 aromatic rings. The number of hydrogen-bond donors (Lipinski definition) is 1. The van der Waals surface area contributed by atoms with Gasteiger partial charge in [-0.25, -0.2) is 5.10 Å². The summed E-state index contributed by atoms with van der Waals surface area (Å²) < 4.78 is 11.3. The fourth-order valence-corrected chi connectivity index (χ4v) is 3.40. The van der Waals surface area contributed by atoms with Crippen LogP contribution in [0.5, 0.6) is 0 Å². The second-order valence-corrected chi connectivity index (χ2v) is 6.32. The average Bonchev–Trinajstić information content (AvgIpc) is 2.65. The van der Waals surface area contributed by atoms with Gasteiger partial charge in [0.2, 0.25) is 0 Å². The number of ether oxygens (including phenoxy) is 2. The highest BCUT2D eigenvalue weighted by Crippen LogP contribution is 2.23. The first-order chi connectivity index (χ1) is 12.2. The van der Waals surface area contributed by atoms with Gasteiger partial charge in [-0.15, -0.1) is 0 Å². The molecule has 0 spiro atoms. The predicted octanol–water partition coefficient (Wildman–Crippen LogP) is 3.31. The summed E-state index contributed by atoms with van der Waals surface area (Å²) in [5.41, 5.74) is 5.24. The monoisotopic (exact) mass is 342 g/mol. The first-order valence-electron chi connectivity index (χ1n) is 9.14. The third-order valence-corrected chi connectivity index (χ3v) is 4.64. The molecular weight excluding hydrogens is 316 g/mol. The molecule has 0 saturated heterocycles. The molecule has 0 amide bonds. The van der Waals surface area contributed by atoms with E-state index in [-0.39, 0.29) is 11.8 Å². The summed E-state index contributed by atoms with van der Waals surface area (Å²) in [5, 5.41) is 6.98. The summed E-state index contributed by atoms with van der Waals surface area (Å²) in [6.07, 6.45) is 4.45. The maximum Gasteiger partial charge on any atom is 0.267 e. The van der Waals surface area contributed by atoms with Crippen molar-refractivity contribution >= 4 is 0 Å². The van der Waals surface area contributed by atoms with Crippen molar-refractivity contribution in [1.82, 2.24) is 10.2 Å². The number of fused-ring (bicyclic) bond motifs is 1. The smallest absolute Gasteiger partial charge is 0.267 e. The Balaban J connectivity index is 1.79. The minimum Gasteiger partial charge on any atom is -0.349 e. The van der Waals surface area contributed by atoms with Gasteiger partial charge in [0.15, 0.2) is 6.29 Å². The molecule has 25 heavy (non-hydrogen) atoms. The van der Waals surface area contributed by atoms with Gasteiger partial charge in [0.25, 0.3) is 5.56 Å². The van der Waals surface area contributed by atoms with Gasteiger partial charge in [-0.2, -0.15) is 5.10 Å². The van der Waals surface area contributed by atoms with Crippen LogP contribution in [0.25, 0.3) is 0 Å². The van der Waals surface area contributed by atoms with Crippen LogP contribution in [-0.4, -0.2) is 23.4 Å². The topological polar surface area (TPSA) is 64.2 Å². The molecule has 0 bridgehead atoms. The molecule has 0 aliphatic heterocycles. The Bertz CT molecular complexity index is 747. The molecule has 0 radical (unpaired) electrons. The van der Waals surface area contributed by atoms with E-state index < -0.39 is 0 Å². The largest absolute Gasteiger partial charge is 0.349 e. The molecule has 134 valence electrons. The van der Waals surface area contributed by atoms with Crippen molar-refractivity contribution in [2.45, 2.75) is 52.2 Å². The molecule has 3 rings (SSSR count). The average molecular weight is 342 g/mol. The molecule has 1 aliphatic carbocycles. The number of benzene rings is 1. The van der Waals surface area contributed by atoms with Crippen LogP contribution in [0.3, 0.4) is 0 Å². The number of rotatable bonds is 7. The minimum atomic E-state index is -0.317. The lowest BCUT2D eigenvalue weighted by molar-refractivity contribution is -0.140. The van der Waals surface area contributed by atoms with E-state index in [4.69, 9.17) is 9.47 Å². The van der Waals surface area contributed by atoms with Gasteiger partial charge in [0.05, 0.1) is 5.69 Å². The van der Waals surface area contributed by atoms with E-state index in [2.05, 4.69) is 22.3 Å². The molecule has 0 saturated carbocycles. The Hall–Kier alpha value is -1.98. The van der Waals surface area contributed by atoms with Crippen LogP contribution in [0.1, 0.15) is 60.9 Å².